The number of hydrogen-bond acceptors (Lipinski definition) is 5. The molecule has 0 aliphatic heterocycles. The average molecular weight is 501 g/mol. The number of ether oxygens (including phenoxy) is 1. The average Bonchev–Trinajstić information content (AvgIpc) is 3.34. The Labute approximate surface area is 209 Å². The molecule has 0 aliphatic rings. The highest BCUT2D eigenvalue weighted by molar-refractivity contribution is 5.93. The van der Waals surface area contributed by atoms with Crippen molar-refractivity contribution < 1.29 is 13.9 Å². The van der Waals surface area contributed by atoms with Gasteiger partial charge in [-0.1, -0.05) is 0 Å². The normalized spacial score (nSPS) is 10.9. The molecule has 4 aromatic rings. The number of fused-ring (bicyclic) bond motifs is 1. The van der Waals surface area contributed by atoms with Crippen molar-refractivity contribution in [3.05, 3.63) is 71.2 Å². The molecule has 3 heterocycles. The molecule has 0 bridgehead atoms. The van der Waals surface area contributed by atoms with Gasteiger partial charge in [-0.2, -0.15) is 5.10 Å². The second-order valence-electron chi connectivity index (χ2n) is 8.41. The Hall–Kier alpha value is -3.43. The zero-order chi connectivity index (χ0) is 24.4. The van der Waals surface area contributed by atoms with Gasteiger partial charge in [0.25, 0.3) is 5.91 Å². The molecule has 0 atom stereocenters. The van der Waals surface area contributed by atoms with Crippen molar-refractivity contribution in [3.63, 3.8) is 0 Å². The summed E-state index contributed by atoms with van der Waals surface area (Å²) in [6.45, 7) is 2.71. The molecule has 8 nitrogen and oxygen atoms in total. The molecule has 0 spiro atoms. The van der Waals surface area contributed by atoms with Crippen molar-refractivity contribution in [2.45, 2.75) is 19.8 Å². The molecule has 0 saturated heterocycles. The van der Waals surface area contributed by atoms with Gasteiger partial charge in [-0.3, -0.25) is 9.48 Å². The number of carbonyl (C=O) groups excluding carboxylic acids is 1. The molecule has 0 radical (unpaired) electrons. The van der Waals surface area contributed by atoms with Crippen LogP contribution in [0, 0.1) is 12.7 Å². The van der Waals surface area contributed by atoms with Gasteiger partial charge in [-0.15, -0.1) is 12.4 Å². The largest absolute Gasteiger partial charge is 0.492 e. The van der Waals surface area contributed by atoms with Gasteiger partial charge < -0.3 is 19.8 Å². The van der Waals surface area contributed by atoms with E-state index < -0.39 is 0 Å². The predicted octanol–water partition coefficient (Wildman–Crippen LogP) is 3.43. The molecule has 0 fully saturated rings. The van der Waals surface area contributed by atoms with Crippen molar-refractivity contribution in [2.75, 3.05) is 27.2 Å². The minimum Gasteiger partial charge on any atom is -0.492 e. The van der Waals surface area contributed by atoms with E-state index in [0.717, 1.165) is 33.7 Å². The first-order valence-electron chi connectivity index (χ1n) is 11.1. The van der Waals surface area contributed by atoms with Crippen molar-refractivity contribution in [1.82, 2.24) is 24.1 Å². The third-order valence-corrected chi connectivity index (χ3v) is 5.91. The summed E-state index contributed by atoms with van der Waals surface area (Å²) in [5.41, 5.74) is 11.3. The van der Waals surface area contributed by atoms with Gasteiger partial charge in [0.05, 0.1) is 6.61 Å². The van der Waals surface area contributed by atoms with E-state index in [1.54, 1.807) is 24.8 Å². The van der Waals surface area contributed by atoms with E-state index in [1.165, 1.54) is 17.0 Å². The SMILES string of the molecule is Cc1c(CCOc2cc(F)ccc2-c2ccc3ncc(CCN)n3c2)c(C(=O)N(C)C)nn1C.Cl. The van der Waals surface area contributed by atoms with Gasteiger partial charge >= 0.3 is 0 Å². The number of aromatic nitrogens is 4. The first-order chi connectivity index (χ1) is 16.3. The Balaban J connectivity index is 0.00000342. The number of rotatable bonds is 8. The standard InChI is InChI=1S/C25H29FN6O2.ClH/c1-16-20(24(29-31(16)4)25(33)30(2)3)10-12-34-22-13-18(26)6-7-21(22)17-5-8-23-28-14-19(9-11-27)32(23)15-17;/h5-8,13-15H,9-12,27H2,1-4H3;1H. The molecule has 2 N–H and O–H groups in total. The molecule has 10 heteroatoms. The van der Waals surface area contributed by atoms with Crippen molar-refractivity contribution >= 4 is 24.0 Å². The molecule has 0 saturated carbocycles. The number of nitrogens with two attached hydrogens (primary N) is 1. The number of aryl methyl sites for hydroxylation is 1. The van der Waals surface area contributed by atoms with E-state index in [0.29, 0.717) is 30.8 Å². The van der Waals surface area contributed by atoms with Crippen LogP contribution in [0.5, 0.6) is 5.75 Å². The zero-order valence-corrected chi connectivity index (χ0v) is 21.1. The Bertz CT molecular complexity index is 1350. The van der Waals surface area contributed by atoms with Gasteiger partial charge in [0.15, 0.2) is 5.69 Å². The maximum Gasteiger partial charge on any atom is 0.274 e. The summed E-state index contributed by atoms with van der Waals surface area (Å²) in [7, 11) is 5.20. The monoisotopic (exact) mass is 500 g/mol. The molecule has 4 rings (SSSR count). The fourth-order valence-corrected chi connectivity index (χ4v) is 3.98. The molecular weight excluding hydrogens is 471 g/mol. The Morgan fingerprint density at radius 2 is 1.97 bits per heavy atom. The topological polar surface area (TPSA) is 90.7 Å². The number of pyridine rings is 1. The van der Waals surface area contributed by atoms with E-state index in [4.69, 9.17) is 10.5 Å². The number of hydrogen-bond donors (Lipinski definition) is 1. The lowest BCUT2D eigenvalue weighted by Crippen LogP contribution is -2.23. The summed E-state index contributed by atoms with van der Waals surface area (Å²) in [6.07, 6.45) is 4.95. The molecule has 1 aromatic carbocycles. The van der Waals surface area contributed by atoms with Gasteiger partial charge in [0.1, 0.15) is 17.2 Å². The number of benzene rings is 1. The lowest BCUT2D eigenvalue weighted by atomic mass is 10.1. The number of carbonyl (C=O) groups is 1. The second kappa shape index (κ2) is 10.9. The quantitative estimate of drug-likeness (QED) is 0.400. The molecule has 0 unspecified atom stereocenters. The minimum absolute atomic E-state index is 0. The summed E-state index contributed by atoms with van der Waals surface area (Å²) in [4.78, 5) is 18.5. The van der Waals surface area contributed by atoms with Gasteiger partial charge in [-0.25, -0.2) is 9.37 Å². The van der Waals surface area contributed by atoms with Crippen LogP contribution in [0.15, 0.2) is 42.7 Å². The van der Waals surface area contributed by atoms with Crippen molar-refractivity contribution in [1.29, 1.82) is 0 Å². The van der Waals surface area contributed by atoms with Gasteiger partial charge in [0.2, 0.25) is 0 Å². The molecule has 186 valence electrons. The first-order valence-corrected chi connectivity index (χ1v) is 11.1. The third kappa shape index (κ3) is 5.31. The van der Waals surface area contributed by atoms with Crippen LogP contribution in [-0.2, 0) is 19.9 Å². The highest BCUT2D eigenvalue weighted by Crippen LogP contribution is 2.31. The highest BCUT2D eigenvalue weighted by Gasteiger charge is 2.21. The van der Waals surface area contributed by atoms with Crippen LogP contribution in [0.2, 0.25) is 0 Å². The summed E-state index contributed by atoms with van der Waals surface area (Å²) in [5.74, 6) is -0.110. The first kappa shape index (κ1) is 26.2. The Morgan fingerprint density at radius 3 is 2.69 bits per heavy atom. The number of nitrogens with zero attached hydrogens (tertiary/aromatic N) is 5. The fraction of sp³-hybridized carbons (Fsp3) is 0.320. The molecule has 0 aliphatic carbocycles. The number of imidazole rings is 1. The summed E-state index contributed by atoms with van der Waals surface area (Å²) >= 11 is 0. The minimum atomic E-state index is -0.382. The van der Waals surface area contributed by atoms with Crippen molar-refractivity contribution in [3.8, 4) is 16.9 Å². The van der Waals surface area contributed by atoms with Crippen LogP contribution in [0.4, 0.5) is 4.39 Å². The summed E-state index contributed by atoms with van der Waals surface area (Å²) in [6, 6.07) is 8.37. The number of halogens is 2. The molecular formula is C25H30ClFN6O2. The van der Waals surface area contributed by atoms with Crippen LogP contribution < -0.4 is 10.5 Å². The Kier molecular flexibility index (Phi) is 8.14. The fourth-order valence-electron chi connectivity index (χ4n) is 3.98. The van der Waals surface area contributed by atoms with Gasteiger partial charge in [-0.05, 0) is 37.7 Å². The highest BCUT2D eigenvalue weighted by atomic mass is 35.5. The smallest absolute Gasteiger partial charge is 0.274 e. The summed E-state index contributed by atoms with van der Waals surface area (Å²) in [5, 5.41) is 4.38. The van der Waals surface area contributed by atoms with E-state index in [2.05, 4.69) is 10.1 Å². The van der Waals surface area contributed by atoms with E-state index in [9.17, 15) is 9.18 Å². The van der Waals surface area contributed by atoms with E-state index >= 15 is 0 Å². The molecule has 3 aromatic heterocycles. The Morgan fingerprint density at radius 1 is 1.20 bits per heavy atom. The van der Waals surface area contributed by atoms with Crippen LogP contribution >= 0.6 is 12.4 Å². The maximum absolute atomic E-state index is 14.1. The maximum atomic E-state index is 14.1. The number of amides is 1. The zero-order valence-electron chi connectivity index (χ0n) is 20.3. The van der Waals surface area contributed by atoms with Crippen LogP contribution in [0.25, 0.3) is 16.8 Å². The second-order valence-corrected chi connectivity index (χ2v) is 8.41. The van der Waals surface area contributed by atoms with Gasteiger partial charge in [0, 0.05) is 80.5 Å². The summed E-state index contributed by atoms with van der Waals surface area (Å²) < 4.78 is 23.9. The predicted molar refractivity (Wildman–Crippen MR) is 136 cm³/mol. The van der Waals surface area contributed by atoms with Crippen LogP contribution in [0.3, 0.4) is 0 Å². The van der Waals surface area contributed by atoms with Crippen LogP contribution in [0.1, 0.15) is 27.4 Å². The van der Waals surface area contributed by atoms with Crippen molar-refractivity contribution in [2.24, 2.45) is 12.8 Å². The molecule has 35 heavy (non-hydrogen) atoms. The third-order valence-electron chi connectivity index (χ3n) is 5.91. The van der Waals surface area contributed by atoms with Crippen LogP contribution in [-0.4, -0.2) is 57.2 Å². The molecule has 1 amide bonds. The lowest BCUT2D eigenvalue weighted by molar-refractivity contribution is 0.0820. The van der Waals surface area contributed by atoms with E-state index in [-0.39, 0.29) is 30.7 Å². The van der Waals surface area contributed by atoms with E-state index in [1.807, 2.05) is 42.9 Å². The lowest BCUT2D eigenvalue weighted by Gasteiger charge is -2.14.